The minimum Gasteiger partial charge on any atom is -0.398 e. The summed E-state index contributed by atoms with van der Waals surface area (Å²) in [7, 11) is 3.29. The maximum atomic E-state index is 7.87. The summed E-state index contributed by atoms with van der Waals surface area (Å²) < 4.78 is 12.9. The Labute approximate surface area is 205 Å². The van der Waals surface area contributed by atoms with Crippen molar-refractivity contribution in [3.63, 3.8) is 0 Å². The Kier molecular flexibility index (Phi) is 15.9. The van der Waals surface area contributed by atoms with Gasteiger partial charge in [-0.25, -0.2) is 4.98 Å². The first-order valence-electron chi connectivity index (χ1n) is 8.55. The third kappa shape index (κ3) is 11.3. The molecule has 0 spiro atoms. The zero-order chi connectivity index (χ0) is 21.6. The molecule has 5 nitrogen and oxygen atoms in total. The third-order valence-corrected chi connectivity index (χ3v) is 5.81. The smallest absolute Gasteiger partial charge is 0.0961 e. The van der Waals surface area contributed by atoms with Gasteiger partial charge in [0.25, 0.3) is 0 Å². The van der Waals surface area contributed by atoms with E-state index in [4.69, 9.17) is 15.7 Å². The lowest BCUT2D eigenvalue weighted by atomic mass is 10.3. The highest BCUT2D eigenvalue weighted by Crippen LogP contribution is 2.25. The first-order chi connectivity index (χ1) is 13.9. The summed E-state index contributed by atoms with van der Waals surface area (Å²) in [6.45, 7) is 1.29. The van der Waals surface area contributed by atoms with Gasteiger partial charge in [0.15, 0.2) is 0 Å². The number of hydrogen-bond donors (Lipinski definition) is 2. The van der Waals surface area contributed by atoms with Crippen LogP contribution < -0.4 is 5.73 Å². The van der Waals surface area contributed by atoms with Gasteiger partial charge in [-0.2, -0.15) is 5.26 Å². The monoisotopic (exact) mass is 575 g/mol. The molecule has 164 valence electrons. The third-order valence-electron chi connectivity index (χ3n) is 3.32. The number of nitrogens with zero attached hydrogens (tertiary/aromatic N) is 2. The number of aromatic nitrogens is 1. The molecule has 1 aromatic heterocycles. The van der Waals surface area contributed by atoms with Gasteiger partial charge in [-0.05, 0) is 36.4 Å². The molecule has 0 radical (unpaired) electrons. The van der Waals surface area contributed by atoms with Gasteiger partial charge in [0.2, 0.25) is 0 Å². The van der Waals surface area contributed by atoms with Crippen molar-refractivity contribution in [2.45, 2.75) is 25.2 Å². The van der Waals surface area contributed by atoms with Crippen LogP contribution in [0.1, 0.15) is 18.9 Å². The number of thiol groups is 1. The Hall–Kier alpha value is -1.15. The van der Waals surface area contributed by atoms with Gasteiger partial charge in [-0.1, -0.05) is 39.3 Å². The summed E-state index contributed by atoms with van der Waals surface area (Å²) in [4.78, 5) is 5.34. The van der Waals surface area contributed by atoms with Gasteiger partial charge < -0.3 is 15.2 Å². The zero-order valence-corrected chi connectivity index (χ0v) is 21.1. The van der Waals surface area contributed by atoms with Gasteiger partial charge in [0, 0.05) is 40.2 Å². The topological polar surface area (TPSA) is 81.2 Å². The average Bonchev–Trinajstić information content (AvgIpc) is 3.10. The van der Waals surface area contributed by atoms with Crippen molar-refractivity contribution in [3.05, 3.63) is 50.4 Å². The van der Waals surface area contributed by atoms with Crippen LogP contribution in [0.25, 0.3) is 10.2 Å². The number of fused-ring (bicyclic) bond motifs is 1. The molecule has 30 heavy (non-hydrogen) atoms. The summed E-state index contributed by atoms with van der Waals surface area (Å²) in [5, 5.41) is 9.01. The largest absolute Gasteiger partial charge is 0.398 e. The highest BCUT2D eigenvalue weighted by atomic mass is 79.9. The fourth-order valence-electron chi connectivity index (χ4n) is 1.92. The van der Waals surface area contributed by atoms with Gasteiger partial charge in [0.1, 0.15) is 0 Å². The molecule has 0 aliphatic carbocycles. The van der Waals surface area contributed by atoms with Crippen LogP contribution in [-0.4, -0.2) is 32.4 Å². The quantitative estimate of drug-likeness (QED) is 0.199. The second-order valence-corrected chi connectivity index (χ2v) is 8.99. The molecule has 1 heterocycles. The number of anilines is 1. The summed E-state index contributed by atoms with van der Waals surface area (Å²) in [6.07, 6.45) is 1.39. The van der Waals surface area contributed by atoms with Crippen LogP contribution in [0.2, 0.25) is 0 Å². The lowest BCUT2D eigenvalue weighted by Gasteiger charge is -1.96. The molecular formula is C21H27Br2N3O2S2. The lowest BCUT2D eigenvalue weighted by molar-refractivity contribution is 0.202. The Morgan fingerprint density at radius 2 is 1.73 bits per heavy atom. The van der Waals surface area contributed by atoms with E-state index in [1.165, 1.54) is 4.70 Å². The molecule has 0 amide bonds. The molecule has 0 saturated carbocycles. The van der Waals surface area contributed by atoms with Crippen molar-refractivity contribution in [2.24, 2.45) is 0 Å². The standard InChI is InChI=1S/C10H10BrNOS.C6H6BrNS.C4H7NO.CH4/c1-13-5-4-10-12-8-6-7(11)2-3-9(8)14-10;7-4-1-2-6(9)5(8)3-4;1-6-4-2-3-5;/h2-3,6H,4-5H2,1H3;1-3,9H,8H2;2,4H2,1H3;1H4. The van der Waals surface area contributed by atoms with E-state index >= 15 is 0 Å². The maximum absolute atomic E-state index is 7.87. The fraction of sp³-hybridized carbons (Fsp3) is 0.333. The van der Waals surface area contributed by atoms with Crippen LogP contribution in [0.5, 0.6) is 0 Å². The Bertz CT molecular complexity index is 930. The molecule has 3 rings (SSSR count). The van der Waals surface area contributed by atoms with Crippen molar-refractivity contribution < 1.29 is 9.47 Å². The van der Waals surface area contributed by atoms with E-state index < -0.39 is 0 Å². The molecular weight excluding hydrogens is 550 g/mol. The molecule has 3 aromatic rings. The van der Waals surface area contributed by atoms with Crippen LogP contribution in [0.15, 0.2) is 50.2 Å². The van der Waals surface area contributed by atoms with Crippen molar-refractivity contribution in [1.82, 2.24) is 4.98 Å². The van der Waals surface area contributed by atoms with E-state index in [0.717, 1.165) is 37.4 Å². The summed E-state index contributed by atoms with van der Waals surface area (Å²) >= 11 is 12.5. The van der Waals surface area contributed by atoms with E-state index in [0.29, 0.717) is 18.7 Å². The number of hydrogen-bond acceptors (Lipinski definition) is 7. The Morgan fingerprint density at radius 1 is 1.10 bits per heavy atom. The maximum Gasteiger partial charge on any atom is 0.0961 e. The van der Waals surface area contributed by atoms with Gasteiger partial charge in [-0.3, -0.25) is 0 Å². The zero-order valence-electron chi connectivity index (χ0n) is 16.2. The van der Waals surface area contributed by atoms with Crippen molar-refractivity contribution in [3.8, 4) is 6.07 Å². The molecule has 0 bridgehead atoms. The second kappa shape index (κ2) is 16.5. The number of halogens is 2. The fourth-order valence-corrected chi connectivity index (χ4v) is 3.71. The summed E-state index contributed by atoms with van der Waals surface area (Å²) in [5.41, 5.74) is 7.28. The van der Waals surface area contributed by atoms with E-state index in [-0.39, 0.29) is 7.43 Å². The van der Waals surface area contributed by atoms with Crippen LogP contribution in [0, 0.1) is 11.3 Å². The van der Waals surface area contributed by atoms with Crippen molar-refractivity contribution in [2.75, 3.05) is 33.2 Å². The Morgan fingerprint density at radius 3 is 2.27 bits per heavy atom. The molecule has 0 atom stereocenters. The second-order valence-electron chi connectivity index (χ2n) is 5.57. The predicted molar refractivity (Wildman–Crippen MR) is 138 cm³/mol. The van der Waals surface area contributed by atoms with E-state index in [9.17, 15) is 0 Å². The molecule has 0 unspecified atom stereocenters. The predicted octanol–water partition coefficient (Wildman–Crippen LogP) is 6.75. The van der Waals surface area contributed by atoms with Crippen LogP contribution in [0.4, 0.5) is 5.69 Å². The lowest BCUT2D eigenvalue weighted by Crippen LogP contribution is -1.92. The molecule has 0 saturated heterocycles. The Balaban J connectivity index is 0.000000457. The molecule has 9 heteroatoms. The number of nitriles is 1. The number of benzene rings is 2. The van der Waals surface area contributed by atoms with Crippen molar-refractivity contribution >= 4 is 71.7 Å². The first kappa shape index (κ1) is 28.9. The van der Waals surface area contributed by atoms with Gasteiger partial charge in [-0.15, -0.1) is 24.0 Å². The van der Waals surface area contributed by atoms with E-state index in [1.807, 2.05) is 36.4 Å². The number of nitrogens with two attached hydrogens (primary N) is 1. The molecule has 2 aromatic carbocycles. The van der Waals surface area contributed by atoms with E-state index in [2.05, 4.69) is 60.3 Å². The molecule has 0 aliphatic rings. The first-order valence-corrected chi connectivity index (χ1v) is 11.4. The van der Waals surface area contributed by atoms with Crippen LogP contribution in [0.3, 0.4) is 0 Å². The van der Waals surface area contributed by atoms with Gasteiger partial charge in [0.05, 0.1) is 40.9 Å². The minimum absolute atomic E-state index is 0. The number of ether oxygens (including phenoxy) is 2. The number of thiazole rings is 1. The van der Waals surface area contributed by atoms with Gasteiger partial charge >= 0.3 is 0 Å². The normalized spacial score (nSPS) is 9.47. The average molecular weight is 577 g/mol. The van der Waals surface area contributed by atoms with Crippen LogP contribution >= 0.6 is 55.8 Å². The highest BCUT2D eigenvalue weighted by Gasteiger charge is 2.03. The number of rotatable bonds is 5. The summed E-state index contributed by atoms with van der Waals surface area (Å²) in [5.74, 6) is 0. The molecule has 2 N–H and O–H groups in total. The van der Waals surface area contributed by atoms with E-state index in [1.54, 1.807) is 25.6 Å². The number of methoxy groups -OCH3 is 2. The highest BCUT2D eigenvalue weighted by molar-refractivity contribution is 9.10. The number of nitrogen functional groups attached to an aromatic ring is 1. The minimum atomic E-state index is 0. The van der Waals surface area contributed by atoms with Crippen LogP contribution in [-0.2, 0) is 15.9 Å². The molecule has 0 fully saturated rings. The summed E-state index contributed by atoms with van der Waals surface area (Å²) in [6, 6.07) is 13.7. The molecule has 0 aliphatic heterocycles. The SMILES string of the molecule is C.COCCC#N.COCCc1nc2cc(Br)ccc2s1.Nc1cc(Br)ccc1S. The van der Waals surface area contributed by atoms with Crippen molar-refractivity contribution in [1.29, 1.82) is 5.26 Å².